The van der Waals surface area contributed by atoms with Crippen molar-refractivity contribution in [1.29, 1.82) is 0 Å². The van der Waals surface area contributed by atoms with Gasteiger partial charge in [-0.15, -0.1) is 0 Å². The van der Waals surface area contributed by atoms with Gasteiger partial charge in [-0.1, -0.05) is 29.3 Å². The Hall–Kier alpha value is -1.61. The third-order valence-electron chi connectivity index (χ3n) is 2.98. The number of aromatic nitrogens is 2. The summed E-state index contributed by atoms with van der Waals surface area (Å²) in [6, 6.07) is 6.43. The Morgan fingerprint density at radius 1 is 1.11 bits per heavy atom. The summed E-state index contributed by atoms with van der Waals surface area (Å²) in [6.45, 7) is 4.17. The van der Waals surface area contributed by atoms with Crippen molar-refractivity contribution in [3.8, 4) is 0 Å². The lowest BCUT2D eigenvalue weighted by Crippen LogP contribution is -2.13. The average molecular weight is 244 g/mol. The lowest BCUT2D eigenvalue weighted by Gasteiger charge is -2.11. The minimum Gasteiger partial charge on any atom is -0.392 e. The standard InChI is InChI=1S/C15H20N2O/c1-11-4-12(2)6-13(5-11)7-15(18)8-14-9-16-17(3)10-14/h4-6,9-10,15,18H,7-8H2,1-3H3. The molecule has 0 amide bonds. The second kappa shape index (κ2) is 5.36. The minimum atomic E-state index is -0.351. The van der Waals surface area contributed by atoms with Gasteiger partial charge in [-0.3, -0.25) is 4.68 Å². The summed E-state index contributed by atoms with van der Waals surface area (Å²) in [5.74, 6) is 0. The maximum atomic E-state index is 10.1. The van der Waals surface area contributed by atoms with E-state index >= 15 is 0 Å². The predicted octanol–water partition coefficient (Wildman–Crippen LogP) is 2.18. The maximum Gasteiger partial charge on any atom is 0.0622 e. The zero-order chi connectivity index (χ0) is 13.1. The Balaban J connectivity index is 2.00. The molecule has 0 saturated heterocycles. The van der Waals surface area contributed by atoms with Crippen LogP contribution < -0.4 is 0 Å². The minimum absolute atomic E-state index is 0.351. The lowest BCUT2D eigenvalue weighted by atomic mass is 10.00. The molecule has 0 saturated carbocycles. The van der Waals surface area contributed by atoms with Crippen LogP contribution in [0.25, 0.3) is 0 Å². The van der Waals surface area contributed by atoms with Crippen LogP contribution in [0.15, 0.2) is 30.6 Å². The zero-order valence-electron chi connectivity index (χ0n) is 11.2. The molecule has 96 valence electrons. The highest BCUT2D eigenvalue weighted by atomic mass is 16.3. The summed E-state index contributed by atoms with van der Waals surface area (Å²) in [6.07, 6.45) is 4.75. The van der Waals surface area contributed by atoms with Crippen molar-refractivity contribution < 1.29 is 5.11 Å². The summed E-state index contributed by atoms with van der Waals surface area (Å²) in [4.78, 5) is 0. The smallest absolute Gasteiger partial charge is 0.0622 e. The highest BCUT2D eigenvalue weighted by Gasteiger charge is 2.08. The summed E-state index contributed by atoms with van der Waals surface area (Å²) in [5.41, 5.74) is 4.77. The van der Waals surface area contributed by atoms with E-state index in [-0.39, 0.29) is 6.10 Å². The normalized spacial score (nSPS) is 12.7. The molecule has 1 N–H and O–H groups in total. The number of benzene rings is 1. The van der Waals surface area contributed by atoms with Crippen molar-refractivity contribution in [2.45, 2.75) is 32.8 Å². The Labute approximate surface area is 108 Å². The van der Waals surface area contributed by atoms with E-state index in [9.17, 15) is 5.11 Å². The van der Waals surface area contributed by atoms with Crippen molar-refractivity contribution in [1.82, 2.24) is 9.78 Å². The fourth-order valence-electron chi connectivity index (χ4n) is 2.38. The molecule has 1 aromatic heterocycles. The fraction of sp³-hybridized carbons (Fsp3) is 0.400. The molecule has 1 aromatic carbocycles. The molecule has 0 spiro atoms. The van der Waals surface area contributed by atoms with Gasteiger partial charge in [0.2, 0.25) is 0 Å². The van der Waals surface area contributed by atoms with Crippen LogP contribution in [0.4, 0.5) is 0 Å². The highest BCUT2D eigenvalue weighted by molar-refractivity contribution is 5.29. The number of aliphatic hydroxyl groups excluding tert-OH is 1. The Morgan fingerprint density at radius 3 is 2.28 bits per heavy atom. The van der Waals surface area contributed by atoms with Crippen molar-refractivity contribution in [3.63, 3.8) is 0 Å². The lowest BCUT2D eigenvalue weighted by molar-refractivity contribution is 0.175. The summed E-state index contributed by atoms with van der Waals surface area (Å²) in [5, 5.41) is 14.2. The van der Waals surface area contributed by atoms with E-state index < -0.39 is 0 Å². The Bertz CT molecular complexity index is 511. The topological polar surface area (TPSA) is 38.1 Å². The molecule has 0 fully saturated rings. The third-order valence-corrected chi connectivity index (χ3v) is 2.98. The second-order valence-corrected chi connectivity index (χ2v) is 5.08. The monoisotopic (exact) mass is 244 g/mol. The number of hydrogen-bond acceptors (Lipinski definition) is 2. The molecule has 2 aromatic rings. The van der Waals surface area contributed by atoms with Crippen molar-refractivity contribution in [2.75, 3.05) is 0 Å². The Morgan fingerprint density at radius 2 is 1.72 bits per heavy atom. The molecular formula is C15H20N2O. The number of hydrogen-bond donors (Lipinski definition) is 1. The average Bonchev–Trinajstić information content (AvgIpc) is 2.61. The first-order valence-electron chi connectivity index (χ1n) is 6.25. The summed E-state index contributed by atoms with van der Waals surface area (Å²) in [7, 11) is 1.89. The molecule has 1 unspecified atom stereocenters. The van der Waals surface area contributed by atoms with Gasteiger partial charge >= 0.3 is 0 Å². The van der Waals surface area contributed by atoms with E-state index in [0.717, 1.165) is 5.56 Å². The van der Waals surface area contributed by atoms with E-state index in [1.165, 1.54) is 16.7 Å². The molecule has 2 rings (SSSR count). The van der Waals surface area contributed by atoms with Crippen LogP contribution in [-0.4, -0.2) is 21.0 Å². The van der Waals surface area contributed by atoms with Gasteiger partial charge in [0, 0.05) is 19.7 Å². The van der Waals surface area contributed by atoms with Gasteiger partial charge in [-0.05, 0) is 31.4 Å². The fourth-order valence-corrected chi connectivity index (χ4v) is 2.38. The van der Waals surface area contributed by atoms with Gasteiger partial charge in [0.25, 0.3) is 0 Å². The molecule has 0 aliphatic heterocycles. The van der Waals surface area contributed by atoms with E-state index in [1.807, 2.05) is 19.4 Å². The zero-order valence-corrected chi connectivity index (χ0v) is 11.2. The largest absolute Gasteiger partial charge is 0.392 e. The SMILES string of the molecule is Cc1cc(C)cc(CC(O)Cc2cnn(C)c2)c1. The predicted molar refractivity (Wildman–Crippen MR) is 72.5 cm³/mol. The molecule has 0 bridgehead atoms. The molecule has 1 atom stereocenters. The van der Waals surface area contributed by atoms with Crippen molar-refractivity contribution in [3.05, 3.63) is 52.8 Å². The van der Waals surface area contributed by atoms with Gasteiger partial charge < -0.3 is 5.11 Å². The maximum absolute atomic E-state index is 10.1. The second-order valence-electron chi connectivity index (χ2n) is 5.08. The molecule has 18 heavy (non-hydrogen) atoms. The van der Waals surface area contributed by atoms with Crippen LogP contribution in [0.3, 0.4) is 0 Å². The summed E-state index contributed by atoms with van der Waals surface area (Å²) >= 11 is 0. The first-order chi connectivity index (χ1) is 8.52. The molecule has 0 aliphatic rings. The summed E-state index contributed by atoms with van der Waals surface area (Å²) < 4.78 is 1.76. The molecular weight excluding hydrogens is 224 g/mol. The quantitative estimate of drug-likeness (QED) is 0.895. The van der Waals surface area contributed by atoms with E-state index in [2.05, 4.69) is 37.1 Å². The van der Waals surface area contributed by atoms with Crippen LogP contribution in [0.2, 0.25) is 0 Å². The van der Waals surface area contributed by atoms with Crippen molar-refractivity contribution >= 4 is 0 Å². The number of rotatable bonds is 4. The van der Waals surface area contributed by atoms with Crippen LogP contribution in [0, 0.1) is 13.8 Å². The van der Waals surface area contributed by atoms with E-state index in [1.54, 1.807) is 4.68 Å². The Kier molecular flexibility index (Phi) is 3.82. The first-order valence-corrected chi connectivity index (χ1v) is 6.25. The number of nitrogens with zero attached hydrogens (tertiary/aromatic N) is 2. The highest BCUT2D eigenvalue weighted by Crippen LogP contribution is 2.13. The van der Waals surface area contributed by atoms with Crippen molar-refractivity contribution in [2.24, 2.45) is 7.05 Å². The van der Waals surface area contributed by atoms with Crippen LogP contribution >= 0.6 is 0 Å². The molecule has 0 radical (unpaired) electrons. The number of aliphatic hydroxyl groups is 1. The van der Waals surface area contributed by atoms with Gasteiger partial charge in [-0.25, -0.2) is 0 Å². The van der Waals surface area contributed by atoms with Crippen LogP contribution in [0.5, 0.6) is 0 Å². The van der Waals surface area contributed by atoms with Gasteiger partial charge in [-0.2, -0.15) is 5.10 Å². The first kappa shape index (κ1) is 12.8. The van der Waals surface area contributed by atoms with Gasteiger partial charge in [0.05, 0.1) is 12.3 Å². The molecule has 3 heteroatoms. The van der Waals surface area contributed by atoms with Crippen LogP contribution in [-0.2, 0) is 19.9 Å². The van der Waals surface area contributed by atoms with Crippen LogP contribution in [0.1, 0.15) is 22.3 Å². The molecule has 0 aliphatic carbocycles. The number of aryl methyl sites for hydroxylation is 3. The molecule has 1 heterocycles. The van der Waals surface area contributed by atoms with Gasteiger partial charge in [0.1, 0.15) is 0 Å². The van der Waals surface area contributed by atoms with Gasteiger partial charge in [0.15, 0.2) is 0 Å². The molecule has 3 nitrogen and oxygen atoms in total. The third kappa shape index (κ3) is 3.44. The van der Waals surface area contributed by atoms with E-state index in [0.29, 0.717) is 12.8 Å². The van der Waals surface area contributed by atoms with E-state index in [4.69, 9.17) is 0 Å².